The number of nitro groups is 1. The molecule has 0 saturated carbocycles. The third-order valence-corrected chi connectivity index (χ3v) is 6.13. The number of ether oxygens (including phenoxy) is 2. The number of benzene rings is 2. The van der Waals surface area contributed by atoms with E-state index in [0.717, 1.165) is 5.56 Å². The second-order valence-corrected chi connectivity index (χ2v) is 9.01. The van der Waals surface area contributed by atoms with Gasteiger partial charge in [0.15, 0.2) is 0 Å². The normalized spacial score (nSPS) is 15.1. The van der Waals surface area contributed by atoms with Crippen LogP contribution in [-0.2, 0) is 25.6 Å². The third kappa shape index (κ3) is 6.76. The van der Waals surface area contributed by atoms with E-state index in [-0.39, 0.29) is 41.3 Å². The molecule has 1 unspecified atom stereocenters. The topological polar surface area (TPSA) is 135 Å². The Labute approximate surface area is 225 Å². The first-order valence-electron chi connectivity index (χ1n) is 11.8. The zero-order valence-corrected chi connectivity index (χ0v) is 21.9. The Morgan fingerprint density at radius 3 is 2.47 bits per heavy atom. The lowest BCUT2D eigenvalue weighted by atomic mass is 9.80. The zero-order valence-electron chi connectivity index (χ0n) is 21.2. The molecule has 38 heavy (non-hydrogen) atoms. The van der Waals surface area contributed by atoms with E-state index in [2.05, 4.69) is 5.32 Å². The second kappa shape index (κ2) is 12.9. The fraction of sp³-hybridized carbons (Fsp3) is 0.296. The Morgan fingerprint density at radius 1 is 1.16 bits per heavy atom. The highest BCUT2D eigenvalue weighted by Crippen LogP contribution is 2.40. The standard InChI is InChI=1S/C27H27ClN4O6/c1-4-37-27(34)25-22(15-29)30-17(2)23(24(25)19-6-5-7-21(14-19)32(35)36)26(33)38-13-12-31(3)16-18-8-10-20(28)11-9-18/h5-11,14,24,30H,4,12-13,16H2,1-3H3. The van der Waals surface area contributed by atoms with E-state index < -0.39 is 22.8 Å². The number of dihydropyridines is 1. The summed E-state index contributed by atoms with van der Waals surface area (Å²) < 4.78 is 10.7. The Morgan fingerprint density at radius 2 is 1.84 bits per heavy atom. The quantitative estimate of drug-likeness (QED) is 0.268. The van der Waals surface area contributed by atoms with Crippen molar-refractivity contribution in [3.05, 3.63) is 97.3 Å². The maximum Gasteiger partial charge on any atom is 0.337 e. The van der Waals surface area contributed by atoms with Crippen LogP contribution in [0.2, 0.25) is 5.02 Å². The summed E-state index contributed by atoms with van der Waals surface area (Å²) in [6, 6.07) is 14.9. The van der Waals surface area contributed by atoms with Crippen molar-refractivity contribution in [2.24, 2.45) is 0 Å². The number of rotatable bonds is 10. The highest BCUT2D eigenvalue weighted by atomic mass is 35.5. The van der Waals surface area contributed by atoms with Gasteiger partial charge < -0.3 is 14.8 Å². The van der Waals surface area contributed by atoms with Crippen LogP contribution in [0.4, 0.5) is 5.69 Å². The number of nitriles is 1. The van der Waals surface area contributed by atoms with Crippen LogP contribution >= 0.6 is 11.6 Å². The van der Waals surface area contributed by atoms with E-state index >= 15 is 0 Å². The molecular weight excluding hydrogens is 512 g/mol. The molecule has 198 valence electrons. The van der Waals surface area contributed by atoms with Gasteiger partial charge in [-0.05, 0) is 44.2 Å². The number of halogens is 1. The van der Waals surface area contributed by atoms with E-state index in [9.17, 15) is 25.0 Å². The Bertz CT molecular complexity index is 1330. The molecule has 0 fully saturated rings. The van der Waals surface area contributed by atoms with Crippen LogP contribution in [0.5, 0.6) is 0 Å². The zero-order chi connectivity index (χ0) is 27.8. The number of esters is 2. The summed E-state index contributed by atoms with van der Waals surface area (Å²) in [4.78, 5) is 39.1. The van der Waals surface area contributed by atoms with Crippen molar-refractivity contribution in [1.82, 2.24) is 10.2 Å². The fourth-order valence-electron chi connectivity index (χ4n) is 4.12. The molecule has 1 heterocycles. The van der Waals surface area contributed by atoms with Gasteiger partial charge in [-0.15, -0.1) is 0 Å². The van der Waals surface area contributed by atoms with Crippen LogP contribution in [-0.4, -0.2) is 48.6 Å². The summed E-state index contributed by atoms with van der Waals surface area (Å²) in [6.07, 6.45) is 0. The average Bonchev–Trinajstić information content (AvgIpc) is 2.89. The molecule has 3 rings (SSSR count). The minimum Gasteiger partial charge on any atom is -0.463 e. The summed E-state index contributed by atoms with van der Waals surface area (Å²) in [5.74, 6) is -2.64. The van der Waals surface area contributed by atoms with E-state index in [1.54, 1.807) is 32.0 Å². The SMILES string of the molecule is CCOC(=O)C1=C(C#N)NC(C)=C(C(=O)OCCN(C)Cc2ccc(Cl)cc2)C1c1cccc([N+](=O)[O-])c1. The first kappa shape index (κ1) is 28.4. The Kier molecular flexibility index (Phi) is 9.60. The van der Waals surface area contributed by atoms with Gasteiger partial charge >= 0.3 is 11.9 Å². The summed E-state index contributed by atoms with van der Waals surface area (Å²) in [7, 11) is 1.88. The third-order valence-electron chi connectivity index (χ3n) is 5.88. The van der Waals surface area contributed by atoms with Crippen molar-refractivity contribution < 1.29 is 24.0 Å². The smallest absolute Gasteiger partial charge is 0.337 e. The van der Waals surface area contributed by atoms with Crippen molar-refractivity contribution in [2.75, 3.05) is 26.8 Å². The summed E-state index contributed by atoms with van der Waals surface area (Å²) in [6.45, 7) is 4.29. The van der Waals surface area contributed by atoms with E-state index in [0.29, 0.717) is 23.8 Å². The maximum absolute atomic E-state index is 13.4. The number of nitro benzene ring substituents is 1. The molecule has 1 atom stereocenters. The van der Waals surface area contributed by atoms with Crippen molar-refractivity contribution in [1.29, 1.82) is 5.26 Å². The minimum atomic E-state index is -1.11. The molecule has 0 spiro atoms. The van der Waals surface area contributed by atoms with Crippen LogP contribution < -0.4 is 5.32 Å². The average molecular weight is 539 g/mol. The van der Waals surface area contributed by atoms with Gasteiger partial charge in [0.05, 0.1) is 28.6 Å². The Balaban J connectivity index is 1.87. The van der Waals surface area contributed by atoms with Crippen LogP contribution in [0, 0.1) is 21.4 Å². The van der Waals surface area contributed by atoms with Gasteiger partial charge in [-0.1, -0.05) is 35.9 Å². The lowest BCUT2D eigenvalue weighted by Crippen LogP contribution is -2.33. The minimum absolute atomic E-state index is 0.0329. The number of hydrogen-bond acceptors (Lipinski definition) is 9. The van der Waals surface area contributed by atoms with Gasteiger partial charge in [-0.2, -0.15) is 5.26 Å². The van der Waals surface area contributed by atoms with E-state index in [1.807, 2.05) is 30.1 Å². The Hall–Kier alpha value is -4.20. The summed E-state index contributed by atoms with van der Waals surface area (Å²) in [5.41, 5.74) is 1.24. The van der Waals surface area contributed by atoms with Crippen molar-refractivity contribution in [2.45, 2.75) is 26.3 Å². The monoisotopic (exact) mass is 538 g/mol. The van der Waals surface area contributed by atoms with Crippen LogP contribution in [0.15, 0.2) is 71.1 Å². The number of hydrogen-bond donors (Lipinski definition) is 1. The highest BCUT2D eigenvalue weighted by Gasteiger charge is 2.39. The molecule has 0 saturated heterocycles. The van der Waals surface area contributed by atoms with Gasteiger partial charge in [-0.3, -0.25) is 15.0 Å². The molecule has 1 N–H and O–H groups in total. The molecule has 2 aromatic carbocycles. The lowest BCUT2D eigenvalue weighted by Gasteiger charge is -2.29. The van der Waals surface area contributed by atoms with Crippen molar-refractivity contribution in [3.63, 3.8) is 0 Å². The first-order chi connectivity index (χ1) is 18.2. The van der Waals surface area contributed by atoms with Crippen LogP contribution in [0.25, 0.3) is 0 Å². The number of non-ortho nitro benzene ring substituents is 1. The second-order valence-electron chi connectivity index (χ2n) is 8.57. The molecule has 0 bridgehead atoms. The van der Waals surface area contributed by atoms with Gasteiger partial charge in [0.1, 0.15) is 18.4 Å². The molecule has 2 aromatic rings. The highest BCUT2D eigenvalue weighted by molar-refractivity contribution is 6.30. The summed E-state index contributed by atoms with van der Waals surface area (Å²) >= 11 is 5.93. The number of nitrogens with zero attached hydrogens (tertiary/aromatic N) is 3. The van der Waals surface area contributed by atoms with E-state index in [4.69, 9.17) is 21.1 Å². The molecule has 1 aliphatic heterocycles. The number of nitrogens with one attached hydrogen (secondary N) is 1. The molecule has 11 heteroatoms. The van der Waals surface area contributed by atoms with Crippen molar-refractivity contribution in [3.8, 4) is 6.07 Å². The van der Waals surface area contributed by atoms with E-state index in [1.165, 1.54) is 18.2 Å². The molecule has 1 aliphatic rings. The first-order valence-corrected chi connectivity index (χ1v) is 12.2. The predicted molar refractivity (Wildman–Crippen MR) is 140 cm³/mol. The number of allylic oxidation sites excluding steroid dienone is 2. The predicted octanol–water partition coefficient (Wildman–Crippen LogP) is 4.22. The number of carbonyl (C=O) groups excluding carboxylic acids is 2. The molecular formula is C27H27ClN4O6. The van der Waals surface area contributed by atoms with Gasteiger partial charge in [0.2, 0.25) is 0 Å². The molecule has 0 amide bonds. The van der Waals surface area contributed by atoms with Gasteiger partial charge in [-0.25, -0.2) is 9.59 Å². The fourth-order valence-corrected chi connectivity index (χ4v) is 4.24. The molecule has 0 aromatic heterocycles. The summed E-state index contributed by atoms with van der Waals surface area (Å²) in [5, 5.41) is 24.6. The molecule has 10 nitrogen and oxygen atoms in total. The molecule has 0 radical (unpaired) electrons. The van der Waals surface area contributed by atoms with Crippen LogP contribution in [0.3, 0.4) is 0 Å². The number of carbonyl (C=O) groups is 2. The largest absolute Gasteiger partial charge is 0.463 e. The number of likely N-dealkylation sites (N-methyl/N-ethyl adjacent to an activating group) is 1. The van der Waals surface area contributed by atoms with Gasteiger partial charge in [0.25, 0.3) is 5.69 Å². The maximum atomic E-state index is 13.4. The lowest BCUT2D eigenvalue weighted by molar-refractivity contribution is -0.384. The van der Waals surface area contributed by atoms with Gasteiger partial charge in [0, 0.05) is 35.9 Å². The molecule has 0 aliphatic carbocycles. The van der Waals surface area contributed by atoms with Crippen molar-refractivity contribution >= 4 is 29.2 Å². The van der Waals surface area contributed by atoms with Crippen LogP contribution in [0.1, 0.15) is 30.9 Å².